The van der Waals surface area contributed by atoms with Crippen molar-refractivity contribution < 1.29 is 22.7 Å². The van der Waals surface area contributed by atoms with Gasteiger partial charge in [0, 0.05) is 6.20 Å². The number of rotatable bonds is 4. The monoisotopic (exact) mass is 284 g/mol. The predicted molar refractivity (Wildman–Crippen MR) is 65.0 cm³/mol. The molecule has 0 unspecified atom stereocenters. The highest BCUT2D eigenvalue weighted by molar-refractivity contribution is 7.92. The van der Waals surface area contributed by atoms with Crippen LogP contribution in [0, 0.1) is 5.82 Å². The minimum absolute atomic E-state index is 0.0582. The molecule has 19 heavy (non-hydrogen) atoms. The van der Waals surface area contributed by atoms with Crippen molar-refractivity contribution in [1.82, 2.24) is 4.98 Å². The first-order valence-electron chi connectivity index (χ1n) is 5.09. The van der Waals surface area contributed by atoms with Gasteiger partial charge in [-0.2, -0.15) is 8.42 Å². The van der Waals surface area contributed by atoms with E-state index in [1.807, 2.05) is 0 Å². The number of nitrogens with one attached hydrogen (secondary N) is 2. The van der Waals surface area contributed by atoms with Crippen LogP contribution in [0.4, 0.5) is 10.1 Å². The Morgan fingerprint density at radius 3 is 2.58 bits per heavy atom. The topological polar surface area (TPSA) is 99.3 Å². The van der Waals surface area contributed by atoms with Crippen molar-refractivity contribution in [3.63, 3.8) is 0 Å². The third kappa shape index (κ3) is 2.74. The first-order chi connectivity index (χ1) is 8.90. The lowest BCUT2D eigenvalue weighted by atomic mass is 10.2. The molecule has 8 heteroatoms. The summed E-state index contributed by atoms with van der Waals surface area (Å²) in [6, 6.07) is 5.81. The van der Waals surface area contributed by atoms with Gasteiger partial charge in [0.25, 0.3) is 10.0 Å². The second-order valence-electron chi connectivity index (χ2n) is 3.64. The summed E-state index contributed by atoms with van der Waals surface area (Å²) in [6.45, 7) is 0. The van der Waals surface area contributed by atoms with E-state index < -0.39 is 27.4 Å². The van der Waals surface area contributed by atoms with Crippen LogP contribution in [0.25, 0.3) is 0 Å². The number of benzene rings is 1. The maximum atomic E-state index is 13.4. The molecular formula is C11H9FN2O4S. The standard InChI is InChI=1S/C11H9FN2O4S/c12-9-6-7(3-4-8(9)11(15)16)14-19(17,18)10-2-1-5-13-10/h1-6,13-14H,(H,15,16). The van der Waals surface area contributed by atoms with E-state index in [4.69, 9.17) is 5.11 Å². The Labute approximate surface area is 107 Å². The highest BCUT2D eigenvalue weighted by atomic mass is 32.2. The van der Waals surface area contributed by atoms with E-state index in [-0.39, 0.29) is 10.7 Å². The lowest BCUT2D eigenvalue weighted by molar-refractivity contribution is 0.0692. The molecule has 0 spiro atoms. The summed E-state index contributed by atoms with van der Waals surface area (Å²) >= 11 is 0. The molecule has 2 rings (SSSR count). The number of sulfonamides is 1. The molecule has 0 fully saturated rings. The van der Waals surface area contributed by atoms with E-state index >= 15 is 0 Å². The summed E-state index contributed by atoms with van der Waals surface area (Å²) in [6.07, 6.45) is 1.43. The zero-order valence-corrected chi connectivity index (χ0v) is 10.2. The molecule has 0 aliphatic heterocycles. The molecule has 0 saturated carbocycles. The van der Waals surface area contributed by atoms with Crippen LogP contribution in [0.3, 0.4) is 0 Å². The molecule has 6 nitrogen and oxygen atoms in total. The number of carbonyl (C=O) groups is 1. The average molecular weight is 284 g/mol. The fourth-order valence-electron chi connectivity index (χ4n) is 1.44. The first kappa shape index (κ1) is 13.1. The largest absolute Gasteiger partial charge is 0.478 e. The highest BCUT2D eigenvalue weighted by Gasteiger charge is 2.16. The molecule has 0 bridgehead atoms. The van der Waals surface area contributed by atoms with E-state index in [0.717, 1.165) is 12.1 Å². The van der Waals surface area contributed by atoms with Crippen LogP contribution in [0.1, 0.15) is 10.4 Å². The number of hydrogen-bond acceptors (Lipinski definition) is 3. The minimum atomic E-state index is -3.84. The van der Waals surface area contributed by atoms with Crippen molar-refractivity contribution in [2.24, 2.45) is 0 Å². The van der Waals surface area contributed by atoms with Gasteiger partial charge in [-0.25, -0.2) is 9.18 Å². The quantitative estimate of drug-likeness (QED) is 0.794. The maximum Gasteiger partial charge on any atom is 0.338 e. The normalized spacial score (nSPS) is 11.2. The lowest BCUT2D eigenvalue weighted by Gasteiger charge is -2.07. The number of H-pyrrole nitrogens is 1. The van der Waals surface area contributed by atoms with Gasteiger partial charge >= 0.3 is 5.97 Å². The van der Waals surface area contributed by atoms with Crippen LogP contribution in [0.15, 0.2) is 41.6 Å². The maximum absolute atomic E-state index is 13.4. The Balaban J connectivity index is 2.30. The van der Waals surface area contributed by atoms with E-state index in [0.29, 0.717) is 0 Å². The number of halogens is 1. The third-order valence-electron chi connectivity index (χ3n) is 2.31. The Kier molecular flexibility index (Phi) is 3.26. The van der Waals surface area contributed by atoms with Crippen molar-refractivity contribution >= 4 is 21.7 Å². The number of aromatic carboxylic acids is 1. The summed E-state index contributed by atoms with van der Waals surface area (Å²) in [5, 5.41) is 8.58. The SMILES string of the molecule is O=C(O)c1ccc(NS(=O)(=O)c2ccc[nH]2)cc1F. The van der Waals surface area contributed by atoms with Gasteiger partial charge in [0.2, 0.25) is 0 Å². The van der Waals surface area contributed by atoms with Gasteiger partial charge < -0.3 is 10.1 Å². The number of aromatic amines is 1. The second kappa shape index (κ2) is 4.73. The van der Waals surface area contributed by atoms with Crippen molar-refractivity contribution in [3.05, 3.63) is 47.9 Å². The lowest BCUT2D eigenvalue weighted by Crippen LogP contribution is -2.13. The average Bonchev–Trinajstić information content (AvgIpc) is 2.81. The van der Waals surface area contributed by atoms with Gasteiger partial charge in [-0.1, -0.05) is 0 Å². The van der Waals surface area contributed by atoms with Crippen LogP contribution < -0.4 is 4.72 Å². The van der Waals surface area contributed by atoms with Gasteiger partial charge in [-0.3, -0.25) is 4.72 Å². The number of aromatic nitrogens is 1. The number of carboxylic acids is 1. The Morgan fingerprint density at radius 2 is 2.05 bits per heavy atom. The molecule has 0 saturated heterocycles. The van der Waals surface area contributed by atoms with Gasteiger partial charge in [0.1, 0.15) is 5.82 Å². The van der Waals surface area contributed by atoms with Crippen molar-refractivity contribution in [2.45, 2.75) is 5.03 Å². The van der Waals surface area contributed by atoms with Crippen LogP contribution in [0.5, 0.6) is 0 Å². The molecule has 0 atom stereocenters. The molecule has 0 aliphatic carbocycles. The van der Waals surface area contributed by atoms with Crippen molar-refractivity contribution in [3.8, 4) is 0 Å². The van der Waals surface area contributed by atoms with E-state index in [1.54, 1.807) is 0 Å². The van der Waals surface area contributed by atoms with Crippen LogP contribution in [-0.4, -0.2) is 24.5 Å². The first-order valence-corrected chi connectivity index (χ1v) is 6.57. The fraction of sp³-hybridized carbons (Fsp3) is 0. The molecule has 0 radical (unpaired) electrons. The van der Waals surface area contributed by atoms with Gasteiger partial charge in [0.15, 0.2) is 5.03 Å². The van der Waals surface area contributed by atoms with E-state index in [9.17, 15) is 17.6 Å². The van der Waals surface area contributed by atoms with Crippen molar-refractivity contribution in [1.29, 1.82) is 0 Å². The minimum Gasteiger partial charge on any atom is -0.478 e. The Morgan fingerprint density at radius 1 is 1.32 bits per heavy atom. The van der Waals surface area contributed by atoms with Gasteiger partial charge in [-0.15, -0.1) is 0 Å². The molecule has 1 aromatic carbocycles. The summed E-state index contributed by atoms with van der Waals surface area (Å²) < 4.78 is 39.2. The summed E-state index contributed by atoms with van der Waals surface area (Å²) in [7, 11) is -3.84. The van der Waals surface area contributed by atoms with Crippen LogP contribution in [0.2, 0.25) is 0 Å². The predicted octanol–water partition coefficient (Wildman–Crippen LogP) is 1.65. The van der Waals surface area contributed by atoms with Crippen molar-refractivity contribution in [2.75, 3.05) is 4.72 Å². The van der Waals surface area contributed by atoms with Crippen LogP contribution >= 0.6 is 0 Å². The number of anilines is 1. The summed E-state index contributed by atoms with van der Waals surface area (Å²) in [5.74, 6) is -2.43. The molecule has 0 aliphatic rings. The third-order valence-corrected chi connectivity index (χ3v) is 3.65. The van der Waals surface area contributed by atoms with Gasteiger partial charge in [-0.05, 0) is 30.3 Å². The fourth-order valence-corrected chi connectivity index (χ4v) is 2.47. The molecule has 100 valence electrons. The molecule has 0 amide bonds. The van der Waals surface area contributed by atoms with E-state index in [1.165, 1.54) is 24.4 Å². The van der Waals surface area contributed by atoms with Crippen LogP contribution in [-0.2, 0) is 10.0 Å². The van der Waals surface area contributed by atoms with E-state index in [2.05, 4.69) is 9.71 Å². The molecule has 3 N–H and O–H groups in total. The smallest absolute Gasteiger partial charge is 0.338 e. The Hall–Kier alpha value is -2.35. The number of hydrogen-bond donors (Lipinski definition) is 3. The zero-order chi connectivity index (χ0) is 14.0. The summed E-state index contributed by atoms with van der Waals surface area (Å²) in [5.41, 5.74) is -0.583. The highest BCUT2D eigenvalue weighted by Crippen LogP contribution is 2.18. The van der Waals surface area contributed by atoms with Gasteiger partial charge in [0.05, 0.1) is 11.3 Å². The molecule has 1 aromatic heterocycles. The summed E-state index contributed by atoms with van der Waals surface area (Å²) in [4.78, 5) is 13.1. The second-order valence-corrected chi connectivity index (χ2v) is 5.29. The molecular weight excluding hydrogens is 275 g/mol. The molecule has 1 heterocycles. The number of carboxylic acid groups (broad SMARTS) is 1. The molecule has 2 aromatic rings. The Bertz CT molecular complexity index is 710. The zero-order valence-electron chi connectivity index (χ0n) is 9.42.